The Balaban J connectivity index is 1.63. The van der Waals surface area contributed by atoms with E-state index in [-0.39, 0.29) is 5.91 Å². The number of hydrogen-bond donors (Lipinski definition) is 1. The maximum Gasteiger partial charge on any atom is 0.273 e. The molecule has 0 aliphatic carbocycles. The number of carbonyl (C=O) groups is 1. The zero-order valence-corrected chi connectivity index (χ0v) is 12.8. The van der Waals surface area contributed by atoms with Crippen molar-refractivity contribution in [1.29, 1.82) is 0 Å². The third-order valence-corrected chi connectivity index (χ3v) is 3.72. The zero-order chi connectivity index (χ0) is 16.2. The summed E-state index contributed by atoms with van der Waals surface area (Å²) in [6.45, 7) is 0.441. The van der Waals surface area contributed by atoms with Crippen molar-refractivity contribution in [2.75, 3.05) is 13.6 Å². The largest absolute Gasteiger partial charge is 0.388 e. The SMILES string of the molecule is CN(CC[C@H](O)c1ccccc1)C(=O)c1cn2cccnc2n1. The number of benzene rings is 1. The van der Waals surface area contributed by atoms with Crippen LogP contribution in [-0.4, -0.2) is 43.9 Å². The first-order valence-electron chi connectivity index (χ1n) is 7.43. The molecule has 0 radical (unpaired) electrons. The molecule has 0 unspecified atom stereocenters. The Morgan fingerprint density at radius 1 is 1.30 bits per heavy atom. The molecule has 6 heteroatoms. The van der Waals surface area contributed by atoms with Gasteiger partial charge in [-0.2, -0.15) is 0 Å². The molecule has 0 saturated heterocycles. The lowest BCUT2D eigenvalue weighted by Crippen LogP contribution is -2.29. The summed E-state index contributed by atoms with van der Waals surface area (Å²) >= 11 is 0. The van der Waals surface area contributed by atoms with Crippen molar-refractivity contribution >= 4 is 11.7 Å². The van der Waals surface area contributed by atoms with Gasteiger partial charge >= 0.3 is 0 Å². The lowest BCUT2D eigenvalue weighted by Gasteiger charge is -2.18. The van der Waals surface area contributed by atoms with Gasteiger partial charge in [-0.05, 0) is 18.1 Å². The summed E-state index contributed by atoms with van der Waals surface area (Å²) in [7, 11) is 1.71. The van der Waals surface area contributed by atoms with E-state index < -0.39 is 6.10 Å². The Morgan fingerprint density at radius 2 is 2.09 bits per heavy atom. The predicted octanol–water partition coefficient (Wildman–Crippen LogP) is 1.92. The topological polar surface area (TPSA) is 70.7 Å². The molecule has 0 spiro atoms. The van der Waals surface area contributed by atoms with Crippen LogP contribution in [0, 0.1) is 0 Å². The second-order valence-corrected chi connectivity index (χ2v) is 5.39. The van der Waals surface area contributed by atoms with Gasteiger partial charge in [0.05, 0.1) is 6.10 Å². The van der Waals surface area contributed by atoms with E-state index in [9.17, 15) is 9.90 Å². The zero-order valence-electron chi connectivity index (χ0n) is 12.8. The molecule has 0 aliphatic rings. The Labute approximate surface area is 134 Å². The van der Waals surface area contributed by atoms with Crippen molar-refractivity contribution in [3.05, 3.63) is 66.2 Å². The number of aliphatic hydroxyl groups excluding tert-OH is 1. The van der Waals surface area contributed by atoms with Gasteiger partial charge in [0.2, 0.25) is 5.78 Å². The number of fused-ring (bicyclic) bond motifs is 1. The summed E-state index contributed by atoms with van der Waals surface area (Å²) in [6.07, 6.45) is 4.98. The van der Waals surface area contributed by atoms with E-state index in [1.807, 2.05) is 30.3 Å². The van der Waals surface area contributed by atoms with E-state index in [2.05, 4.69) is 9.97 Å². The Hall–Kier alpha value is -2.73. The van der Waals surface area contributed by atoms with Gasteiger partial charge in [-0.25, -0.2) is 9.97 Å². The number of rotatable bonds is 5. The maximum atomic E-state index is 12.4. The van der Waals surface area contributed by atoms with E-state index in [4.69, 9.17) is 0 Å². The van der Waals surface area contributed by atoms with Gasteiger partial charge in [0.25, 0.3) is 5.91 Å². The summed E-state index contributed by atoms with van der Waals surface area (Å²) in [5.74, 6) is 0.310. The molecule has 0 bridgehead atoms. The first-order valence-corrected chi connectivity index (χ1v) is 7.43. The molecule has 3 aromatic rings. The lowest BCUT2D eigenvalue weighted by molar-refractivity contribution is 0.0756. The van der Waals surface area contributed by atoms with Crippen molar-refractivity contribution < 1.29 is 9.90 Å². The predicted molar refractivity (Wildman–Crippen MR) is 86.0 cm³/mol. The van der Waals surface area contributed by atoms with Gasteiger partial charge in [0.1, 0.15) is 5.69 Å². The van der Waals surface area contributed by atoms with Crippen LogP contribution in [0.4, 0.5) is 0 Å². The van der Waals surface area contributed by atoms with E-state index in [0.29, 0.717) is 24.4 Å². The van der Waals surface area contributed by atoms with Crippen molar-refractivity contribution in [1.82, 2.24) is 19.3 Å². The van der Waals surface area contributed by atoms with Crippen molar-refractivity contribution in [2.45, 2.75) is 12.5 Å². The number of aliphatic hydroxyl groups is 1. The lowest BCUT2D eigenvalue weighted by atomic mass is 10.1. The fourth-order valence-electron chi connectivity index (χ4n) is 2.39. The second-order valence-electron chi connectivity index (χ2n) is 5.39. The van der Waals surface area contributed by atoms with E-state index in [0.717, 1.165) is 5.56 Å². The first-order chi connectivity index (χ1) is 11.1. The van der Waals surface area contributed by atoms with Crippen LogP contribution in [0.5, 0.6) is 0 Å². The third kappa shape index (κ3) is 3.37. The van der Waals surface area contributed by atoms with Crippen molar-refractivity contribution in [2.24, 2.45) is 0 Å². The van der Waals surface area contributed by atoms with Gasteiger partial charge in [0.15, 0.2) is 0 Å². The molecule has 1 atom stereocenters. The van der Waals surface area contributed by atoms with Gasteiger partial charge in [-0.3, -0.25) is 9.20 Å². The highest BCUT2D eigenvalue weighted by atomic mass is 16.3. The molecule has 118 valence electrons. The Morgan fingerprint density at radius 3 is 2.83 bits per heavy atom. The minimum absolute atomic E-state index is 0.184. The highest BCUT2D eigenvalue weighted by Gasteiger charge is 2.17. The molecule has 0 fully saturated rings. The third-order valence-electron chi connectivity index (χ3n) is 3.72. The van der Waals surface area contributed by atoms with Crippen LogP contribution in [-0.2, 0) is 0 Å². The molecule has 1 aromatic carbocycles. The van der Waals surface area contributed by atoms with Crippen molar-refractivity contribution in [3.63, 3.8) is 0 Å². The number of hydrogen-bond acceptors (Lipinski definition) is 4. The first kappa shape index (κ1) is 15.2. The smallest absolute Gasteiger partial charge is 0.273 e. The Kier molecular flexibility index (Phi) is 4.34. The van der Waals surface area contributed by atoms with Crippen LogP contribution >= 0.6 is 0 Å². The molecule has 2 heterocycles. The van der Waals surface area contributed by atoms with Gasteiger partial charge in [0, 0.05) is 32.2 Å². The van der Waals surface area contributed by atoms with E-state index >= 15 is 0 Å². The molecule has 3 rings (SSSR count). The normalized spacial score (nSPS) is 12.3. The summed E-state index contributed by atoms with van der Waals surface area (Å²) < 4.78 is 1.71. The van der Waals surface area contributed by atoms with E-state index in [1.54, 1.807) is 41.0 Å². The molecule has 1 N–H and O–H groups in total. The number of aromatic nitrogens is 3. The van der Waals surface area contributed by atoms with Crippen molar-refractivity contribution in [3.8, 4) is 0 Å². The summed E-state index contributed by atoms with van der Waals surface area (Å²) in [5, 5.41) is 10.2. The molecule has 6 nitrogen and oxygen atoms in total. The van der Waals surface area contributed by atoms with Crippen LogP contribution in [0.3, 0.4) is 0 Å². The molecule has 0 saturated carbocycles. The monoisotopic (exact) mass is 310 g/mol. The second kappa shape index (κ2) is 6.58. The quantitative estimate of drug-likeness (QED) is 0.781. The fraction of sp³-hybridized carbons (Fsp3) is 0.235. The minimum atomic E-state index is -0.589. The molecule has 2 aromatic heterocycles. The average molecular weight is 310 g/mol. The van der Waals surface area contributed by atoms with Crippen LogP contribution in [0.1, 0.15) is 28.6 Å². The summed E-state index contributed by atoms with van der Waals surface area (Å²) in [6, 6.07) is 11.2. The van der Waals surface area contributed by atoms with Gasteiger partial charge < -0.3 is 10.0 Å². The Bertz CT molecular complexity index is 767. The highest BCUT2D eigenvalue weighted by molar-refractivity contribution is 5.92. The maximum absolute atomic E-state index is 12.4. The highest BCUT2D eigenvalue weighted by Crippen LogP contribution is 2.16. The minimum Gasteiger partial charge on any atom is -0.388 e. The fourth-order valence-corrected chi connectivity index (χ4v) is 2.39. The molecule has 0 aliphatic heterocycles. The number of carbonyl (C=O) groups excluding carboxylic acids is 1. The van der Waals surface area contributed by atoms with Crippen LogP contribution < -0.4 is 0 Å². The number of amides is 1. The molecule has 1 amide bonds. The van der Waals surface area contributed by atoms with Crippen LogP contribution in [0.15, 0.2) is 55.0 Å². The van der Waals surface area contributed by atoms with E-state index in [1.165, 1.54) is 0 Å². The molecule has 23 heavy (non-hydrogen) atoms. The van der Waals surface area contributed by atoms with Crippen LogP contribution in [0.25, 0.3) is 5.78 Å². The van der Waals surface area contributed by atoms with Gasteiger partial charge in [-0.1, -0.05) is 30.3 Å². The molecular formula is C17H18N4O2. The summed E-state index contributed by atoms with van der Waals surface area (Å²) in [4.78, 5) is 22.3. The number of nitrogens with zero attached hydrogens (tertiary/aromatic N) is 4. The standard InChI is InChI=1S/C17H18N4O2/c1-20(11-8-15(22)13-6-3-2-4-7-13)16(23)14-12-21-10-5-9-18-17(21)19-14/h2-7,9-10,12,15,22H,8,11H2,1H3/t15-/m0/s1. The van der Waals surface area contributed by atoms with Gasteiger partial charge in [-0.15, -0.1) is 0 Å². The average Bonchev–Trinajstić information content (AvgIpc) is 3.03. The van der Waals surface area contributed by atoms with Crippen LogP contribution in [0.2, 0.25) is 0 Å². The number of imidazole rings is 1. The molecular weight excluding hydrogens is 292 g/mol. The summed E-state index contributed by atoms with van der Waals surface area (Å²) in [5.41, 5.74) is 1.20.